The predicted molar refractivity (Wildman–Crippen MR) is 101 cm³/mol. The molecule has 0 aromatic heterocycles. The van der Waals surface area contributed by atoms with Gasteiger partial charge in [0, 0.05) is 11.6 Å². The van der Waals surface area contributed by atoms with Gasteiger partial charge in [-0.2, -0.15) is 0 Å². The van der Waals surface area contributed by atoms with E-state index in [1.165, 1.54) is 24.0 Å². The van der Waals surface area contributed by atoms with Gasteiger partial charge < -0.3 is 10.1 Å². The van der Waals surface area contributed by atoms with Gasteiger partial charge in [0.15, 0.2) is 6.61 Å². The van der Waals surface area contributed by atoms with Gasteiger partial charge in [-0.25, -0.2) is 0 Å². The van der Waals surface area contributed by atoms with Crippen molar-refractivity contribution in [2.24, 2.45) is 0 Å². The zero-order valence-corrected chi connectivity index (χ0v) is 15.1. The van der Waals surface area contributed by atoms with Crippen LogP contribution in [0, 0.1) is 0 Å². The third kappa shape index (κ3) is 5.23. The van der Waals surface area contributed by atoms with Crippen molar-refractivity contribution in [1.29, 1.82) is 0 Å². The maximum Gasteiger partial charge on any atom is 0.257 e. The molecule has 132 valence electrons. The third-order valence-corrected chi connectivity index (χ3v) is 4.96. The average Bonchev–Trinajstić information content (AvgIpc) is 2.64. The molecule has 3 rings (SSSR count). The quantitative estimate of drug-likeness (QED) is 0.748. The highest BCUT2D eigenvalue weighted by atomic mass is 35.5. The number of amides is 1. The summed E-state index contributed by atoms with van der Waals surface area (Å²) in [6, 6.07) is 14.0. The molecular weight excluding hydrogens is 334 g/mol. The fraction of sp³-hybridized carbons (Fsp3) is 0.381. The molecule has 2 aromatic carbocycles. The van der Waals surface area contributed by atoms with Crippen LogP contribution >= 0.6 is 11.6 Å². The van der Waals surface area contributed by atoms with Gasteiger partial charge in [-0.1, -0.05) is 35.9 Å². The van der Waals surface area contributed by atoms with Gasteiger partial charge in [0.1, 0.15) is 5.75 Å². The summed E-state index contributed by atoms with van der Waals surface area (Å²) in [5.41, 5.74) is 3.90. The minimum absolute atomic E-state index is 0.0604. The van der Waals surface area contributed by atoms with Crippen LogP contribution in [-0.4, -0.2) is 19.1 Å². The van der Waals surface area contributed by atoms with E-state index in [1.54, 1.807) is 0 Å². The summed E-state index contributed by atoms with van der Waals surface area (Å²) in [6.45, 7) is 0.683. The van der Waals surface area contributed by atoms with Crippen LogP contribution in [0.3, 0.4) is 0 Å². The van der Waals surface area contributed by atoms with Crippen molar-refractivity contribution < 1.29 is 9.53 Å². The second-order valence-corrected chi connectivity index (χ2v) is 6.88. The minimum Gasteiger partial charge on any atom is -0.484 e. The number of hydrogen-bond acceptors (Lipinski definition) is 2. The molecule has 1 aliphatic rings. The summed E-state index contributed by atoms with van der Waals surface area (Å²) in [4.78, 5) is 11.9. The second kappa shape index (κ2) is 8.91. The van der Waals surface area contributed by atoms with Crippen molar-refractivity contribution in [3.8, 4) is 5.75 Å². The Labute approximate surface area is 154 Å². The van der Waals surface area contributed by atoms with Crippen molar-refractivity contribution in [3.63, 3.8) is 0 Å². The van der Waals surface area contributed by atoms with Crippen LogP contribution in [0.25, 0.3) is 0 Å². The van der Waals surface area contributed by atoms with Crippen LogP contribution in [0.5, 0.6) is 5.75 Å². The molecule has 0 spiro atoms. The highest BCUT2D eigenvalue weighted by Crippen LogP contribution is 2.25. The minimum atomic E-state index is -0.0862. The molecule has 0 radical (unpaired) electrons. The monoisotopic (exact) mass is 357 g/mol. The van der Waals surface area contributed by atoms with Gasteiger partial charge in [0.2, 0.25) is 0 Å². The van der Waals surface area contributed by atoms with Gasteiger partial charge in [-0.3, -0.25) is 4.79 Å². The summed E-state index contributed by atoms with van der Waals surface area (Å²) in [6.07, 6.45) is 6.48. The van der Waals surface area contributed by atoms with E-state index >= 15 is 0 Å². The molecule has 1 amide bonds. The molecule has 0 heterocycles. The molecule has 25 heavy (non-hydrogen) atoms. The number of rotatable bonds is 7. The van der Waals surface area contributed by atoms with E-state index in [1.807, 2.05) is 30.3 Å². The SMILES string of the molecule is O=C(COc1ccc2c(c1)CCCC2)NCCCc1ccccc1Cl. The smallest absolute Gasteiger partial charge is 0.257 e. The molecule has 0 saturated heterocycles. The largest absolute Gasteiger partial charge is 0.484 e. The first-order valence-electron chi connectivity index (χ1n) is 8.97. The number of aryl methyl sites for hydroxylation is 3. The van der Waals surface area contributed by atoms with E-state index in [0.717, 1.165) is 42.0 Å². The molecule has 4 heteroatoms. The van der Waals surface area contributed by atoms with Crippen LogP contribution in [0.4, 0.5) is 0 Å². The van der Waals surface area contributed by atoms with Crippen molar-refractivity contribution in [1.82, 2.24) is 5.32 Å². The molecule has 0 aliphatic heterocycles. The molecule has 0 saturated carbocycles. The van der Waals surface area contributed by atoms with E-state index in [9.17, 15) is 4.79 Å². The van der Waals surface area contributed by atoms with Crippen molar-refractivity contribution in [2.45, 2.75) is 38.5 Å². The predicted octanol–water partition coefficient (Wildman–Crippen LogP) is 4.35. The molecule has 0 atom stereocenters. The van der Waals surface area contributed by atoms with Crippen LogP contribution < -0.4 is 10.1 Å². The lowest BCUT2D eigenvalue weighted by atomic mass is 9.92. The van der Waals surface area contributed by atoms with Gasteiger partial charge in [-0.05, 0) is 73.4 Å². The Bertz CT molecular complexity index is 730. The van der Waals surface area contributed by atoms with E-state index in [2.05, 4.69) is 17.4 Å². The summed E-state index contributed by atoms with van der Waals surface area (Å²) in [5.74, 6) is 0.698. The number of fused-ring (bicyclic) bond motifs is 1. The van der Waals surface area contributed by atoms with Crippen molar-refractivity contribution in [3.05, 3.63) is 64.2 Å². The molecule has 1 aliphatic carbocycles. The first-order chi connectivity index (χ1) is 12.2. The second-order valence-electron chi connectivity index (χ2n) is 6.47. The number of ether oxygens (including phenoxy) is 1. The molecule has 0 unspecified atom stereocenters. The Hall–Kier alpha value is -2.00. The number of hydrogen-bond donors (Lipinski definition) is 1. The Morgan fingerprint density at radius 2 is 1.88 bits per heavy atom. The number of halogens is 1. The molecule has 2 aromatic rings. The fourth-order valence-corrected chi connectivity index (χ4v) is 3.44. The highest BCUT2D eigenvalue weighted by Gasteiger charge is 2.10. The van der Waals surface area contributed by atoms with Gasteiger partial charge >= 0.3 is 0 Å². The summed E-state index contributed by atoms with van der Waals surface area (Å²) < 4.78 is 5.64. The summed E-state index contributed by atoms with van der Waals surface area (Å²) >= 11 is 6.13. The van der Waals surface area contributed by atoms with E-state index in [0.29, 0.717) is 6.54 Å². The van der Waals surface area contributed by atoms with Crippen LogP contribution in [0.1, 0.15) is 36.0 Å². The Balaban J connectivity index is 1.37. The number of nitrogens with one attached hydrogen (secondary N) is 1. The zero-order valence-electron chi connectivity index (χ0n) is 14.4. The first-order valence-corrected chi connectivity index (χ1v) is 9.35. The standard InChI is InChI=1S/C21H24ClNO2/c22-20-10-4-3-7-17(20)9-5-13-23-21(24)15-25-19-12-11-16-6-1-2-8-18(16)14-19/h3-4,7,10-12,14H,1-2,5-6,8-9,13,15H2,(H,23,24). The molecule has 1 N–H and O–H groups in total. The Kier molecular flexibility index (Phi) is 6.35. The Morgan fingerprint density at radius 1 is 1.08 bits per heavy atom. The van der Waals surface area contributed by atoms with E-state index in [-0.39, 0.29) is 12.5 Å². The zero-order chi connectivity index (χ0) is 17.5. The maximum atomic E-state index is 11.9. The van der Waals surface area contributed by atoms with E-state index in [4.69, 9.17) is 16.3 Å². The highest BCUT2D eigenvalue weighted by molar-refractivity contribution is 6.31. The van der Waals surface area contributed by atoms with Crippen LogP contribution in [-0.2, 0) is 24.1 Å². The van der Waals surface area contributed by atoms with Gasteiger partial charge in [-0.15, -0.1) is 0 Å². The molecule has 0 fully saturated rings. The summed E-state index contributed by atoms with van der Waals surface area (Å²) in [7, 11) is 0. The van der Waals surface area contributed by atoms with Crippen LogP contribution in [0.15, 0.2) is 42.5 Å². The van der Waals surface area contributed by atoms with E-state index < -0.39 is 0 Å². The number of carbonyl (C=O) groups excluding carboxylic acids is 1. The molecular formula is C21H24ClNO2. The maximum absolute atomic E-state index is 11.9. The van der Waals surface area contributed by atoms with Crippen molar-refractivity contribution >= 4 is 17.5 Å². The number of carbonyl (C=O) groups is 1. The molecule has 3 nitrogen and oxygen atoms in total. The third-order valence-electron chi connectivity index (χ3n) is 4.59. The van der Waals surface area contributed by atoms with Gasteiger partial charge in [0.25, 0.3) is 5.91 Å². The lowest BCUT2D eigenvalue weighted by molar-refractivity contribution is -0.123. The van der Waals surface area contributed by atoms with Crippen molar-refractivity contribution in [2.75, 3.05) is 13.2 Å². The average molecular weight is 358 g/mol. The molecule has 0 bridgehead atoms. The first kappa shape index (κ1) is 17.8. The topological polar surface area (TPSA) is 38.3 Å². The number of benzene rings is 2. The lowest BCUT2D eigenvalue weighted by Crippen LogP contribution is -2.30. The lowest BCUT2D eigenvalue weighted by Gasteiger charge is -2.16. The van der Waals surface area contributed by atoms with Gasteiger partial charge in [0.05, 0.1) is 0 Å². The fourth-order valence-electron chi connectivity index (χ4n) is 3.21. The van der Waals surface area contributed by atoms with Crippen LogP contribution in [0.2, 0.25) is 5.02 Å². The normalized spacial score (nSPS) is 13.2. The Morgan fingerprint density at radius 3 is 2.72 bits per heavy atom. The summed E-state index contributed by atoms with van der Waals surface area (Å²) in [5, 5.41) is 3.68.